The first-order chi connectivity index (χ1) is 20.4. The third-order valence-electron chi connectivity index (χ3n) is 8.73. The third-order valence-corrected chi connectivity index (χ3v) is 8.73. The molecule has 0 unspecified atom stereocenters. The summed E-state index contributed by atoms with van der Waals surface area (Å²) in [6, 6.07) is 0. The van der Waals surface area contributed by atoms with Crippen LogP contribution in [0.1, 0.15) is 219 Å². The first kappa shape index (κ1) is 40.4. The number of unbranched alkanes of at least 4 members (excludes halogenated alkanes) is 28. The Labute approximate surface area is 261 Å². The van der Waals surface area contributed by atoms with Gasteiger partial charge in [-0.25, -0.2) is 0 Å². The van der Waals surface area contributed by atoms with Gasteiger partial charge < -0.3 is 5.32 Å². The molecule has 0 aliphatic carbocycles. The van der Waals surface area contributed by atoms with Crippen LogP contribution in [0.15, 0.2) is 24.3 Å². The molecule has 0 aromatic carbocycles. The van der Waals surface area contributed by atoms with Crippen molar-refractivity contribution in [1.29, 1.82) is 0 Å². The minimum absolute atomic E-state index is 1.23. The molecule has 0 amide bonds. The molecule has 1 N–H and O–H groups in total. The van der Waals surface area contributed by atoms with Gasteiger partial charge in [0.05, 0.1) is 0 Å². The maximum absolute atomic E-state index is 3.68. The topological polar surface area (TPSA) is 12.0 Å². The number of nitrogens with one attached hydrogen (secondary N) is 1. The zero-order chi connectivity index (χ0) is 29.6. The fourth-order valence-corrected chi connectivity index (χ4v) is 5.83. The smallest absolute Gasteiger partial charge is 0.00489 e. The van der Waals surface area contributed by atoms with E-state index in [4.69, 9.17) is 0 Å². The Bertz CT molecular complexity index is 449. The van der Waals surface area contributed by atoms with E-state index >= 15 is 0 Å². The molecule has 0 saturated heterocycles. The maximum Gasteiger partial charge on any atom is -0.00489 e. The molecule has 0 rings (SSSR count). The summed E-state index contributed by atoms with van der Waals surface area (Å²) >= 11 is 0. The number of hydrogen-bond donors (Lipinski definition) is 1. The van der Waals surface area contributed by atoms with Crippen LogP contribution in [0, 0.1) is 0 Å². The Morgan fingerprint density at radius 3 is 0.756 bits per heavy atom. The largest absolute Gasteiger partial charge is 0.317 e. The predicted octanol–water partition coefficient (Wildman–Crippen LogP) is 14.2. The van der Waals surface area contributed by atoms with E-state index < -0.39 is 0 Å². The fraction of sp³-hybridized carbons (Fsp3) is 0.900. The van der Waals surface area contributed by atoms with Gasteiger partial charge in [-0.1, -0.05) is 179 Å². The van der Waals surface area contributed by atoms with E-state index in [1.807, 2.05) is 0 Å². The molecule has 1 heteroatoms. The van der Waals surface area contributed by atoms with Gasteiger partial charge in [0.2, 0.25) is 0 Å². The van der Waals surface area contributed by atoms with Crippen LogP contribution in [0.4, 0.5) is 0 Å². The Hall–Kier alpha value is -0.560. The summed E-state index contributed by atoms with van der Waals surface area (Å²) in [4.78, 5) is 0. The van der Waals surface area contributed by atoms with Gasteiger partial charge in [0.25, 0.3) is 0 Å². The van der Waals surface area contributed by atoms with Gasteiger partial charge in [0, 0.05) is 0 Å². The maximum atomic E-state index is 3.68. The Morgan fingerprint density at radius 1 is 0.268 bits per heavy atom. The van der Waals surface area contributed by atoms with E-state index in [1.54, 1.807) is 0 Å². The summed E-state index contributed by atoms with van der Waals surface area (Å²) in [6.45, 7) is 7.06. The molecule has 41 heavy (non-hydrogen) atoms. The van der Waals surface area contributed by atoms with E-state index in [0.29, 0.717) is 0 Å². The van der Waals surface area contributed by atoms with Crippen molar-refractivity contribution >= 4 is 0 Å². The van der Waals surface area contributed by atoms with Gasteiger partial charge >= 0.3 is 0 Å². The summed E-state index contributed by atoms with van der Waals surface area (Å²) in [5.74, 6) is 0. The second kappa shape index (κ2) is 39.4. The van der Waals surface area contributed by atoms with Gasteiger partial charge in [-0.15, -0.1) is 0 Å². The van der Waals surface area contributed by atoms with Gasteiger partial charge in [-0.3, -0.25) is 0 Å². The third kappa shape index (κ3) is 39.4. The minimum atomic E-state index is 1.23. The summed E-state index contributed by atoms with van der Waals surface area (Å²) in [6.07, 6.45) is 54.8. The highest BCUT2D eigenvalue weighted by Gasteiger charge is 1.95. The summed E-state index contributed by atoms with van der Waals surface area (Å²) in [5.41, 5.74) is 0. The monoisotopic (exact) mass is 574 g/mol. The quantitative estimate of drug-likeness (QED) is 0.0580. The van der Waals surface area contributed by atoms with Gasteiger partial charge in [-0.2, -0.15) is 0 Å². The Balaban J connectivity index is 3.09. The number of rotatable bonds is 36. The lowest BCUT2D eigenvalue weighted by Crippen LogP contribution is -2.16. The Morgan fingerprint density at radius 2 is 0.488 bits per heavy atom. The molecule has 0 fully saturated rings. The molecule has 0 aliphatic heterocycles. The van der Waals surface area contributed by atoms with E-state index in [-0.39, 0.29) is 0 Å². The van der Waals surface area contributed by atoms with Crippen molar-refractivity contribution in [2.45, 2.75) is 219 Å². The zero-order valence-electron chi connectivity index (χ0n) is 28.9. The zero-order valence-corrected chi connectivity index (χ0v) is 28.9. The summed E-state index contributed by atoms with van der Waals surface area (Å²) < 4.78 is 0. The van der Waals surface area contributed by atoms with Crippen molar-refractivity contribution in [3.05, 3.63) is 24.3 Å². The van der Waals surface area contributed by atoms with Crippen LogP contribution in [-0.4, -0.2) is 13.1 Å². The van der Waals surface area contributed by atoms with Crippen molar-refractivity contribution in [3.63, 3.8) is 0 Å². The molecule has 244 valence electrons. The van der Waals surface area contributed by atoms with Crippen molar-refractivity contribution in [2.75, 3.05) is 13.1 Å². The van der Waals surface area contributed by atoms with Crippen LogP contribution >= 0.6 is 0 Å². The molecule has 0 spiro atoms. The molecule has 0 atom stereocenters. The molecule has 1 nitrogen and oxygen atoms in total. The lowest BCUT2D eigenvalue weighted by atomic mass is 10.1. The lowest BCUT2D eigenvalue weighted by molar-refractivity contribution is 0.529. The van der Waals surface area contributed by atoms with Crippen LogP contribution in [0.3, 0.4) is 0 Å². The molecule has 0 radical (unpaired) electrons. The number of hydrogen-bond acceptors (Lipinski definition) is 1. The van der Waals surface area contributed by atoms with Crippen molar-refractivity contribution in [2.24, 2.45) is 0 Å². The van der Waals surface area contributed by atoms with Gasteiger partial charge in [-0.05, 0) is 77.3 Å². The molecule has 0 bridgehead atoms. The van der Waals surface area contributed by atoms with Crippen LogP contribution in [0.2, 0.25) is 0 Å². The van der Waals surface area contributed by atoms with Crippen LogP contribution in [0.5, 0.6) is 0 Å². The average Bonchev–Trinajstić information content (AvgIpc) is 2.98. The highest BCUT2D eigenvalue weighted by Crippen LogP contribution is 2.13. The van der Waals surface area contributed by atoms with Gasteiger partial charge in [0.1, 0.15) is 0 Å². The van der Waals surface area contributed by atoms with Crippen LogP contribution in [0.25, 0.3) is 0 Å². The normalized spacial score (nSPS) is 12.0. The molecule has 0 aliphatic rings. The predicted molar refractivity (Wildman–Crippen MR) is 190 cm³/mol. The SMILES string of the molecule is CCCCCCCCC=CCCCCCCCCCCCCNCCCCCCCCC=CCCCCCCCC. The average molecular weight is 574 g/mol. The lowest BCUT2D eigenvalue weighted by Gasteiger charge is -2.05. The van der Waals surface area contributed by atoms with E-state index in [2.05, 4.69) is 43.5 Å². The van der Waals surface area contributed by atoms with Crippen molar-refractivity contribution < 1.29 is 0 Å². The second-order valence-corrected chi connectivity index (χ2v) is 13.0. The highest BCUT2D eigenvalue weighted by atomic mass is 14.8. The molecule has 0 aromatic rings. The molecular weight excluding hydrogens is 494 g/mol. The molecule has 0 heterocycles. The molecule has 0 aromatic heterocycles. The van der Waals surface area contributed by atoms with E-state index in [9.17, 15) is 0 Å². The Kier molecular flexibility index (Phi) is 38.9. The fourth-order valence-electron chi connectivity index (χ4n) is 5.83. The van der Waals surface area contributed by atoms with E-state index in [0.717, 1.165) is 0 Å². The highest BCUT2D eigenvalue weighted by molar-refractivity contribution is 4.82. The van der Waals surface area contributed by atoms with Crippen LogP contribution < -0.4 is 5.32 Å². The van der Waals surface area contributed by atoms with Gasteiger partial charge in [0.15, 0.2) is 0 Å². The molecule has 0 saturated carbocycles. The first-order valence-corrected chi connectivity index (χ1v) is 19.4. The molecular formula is C40H79N. The van der Waals surface area contributed by atoms with Crippen molar-refractivity contribution in [1.82, 2.24) is 5.32 Å². The minimum Gasteiger partial charge on any atom is -0.317 e. The first-order valence-electron chi connectivity index (χ1n) is 19.4. The standard InChI is InChI=1S/C40H79N/c1-3-5-7-9-11-13-15-17-19-21-22-23-24-26-28-30-32-34-36-38-40-41-39-37-35-33-31-29-27-25-20-18-16-14-12-10-8-6-4-2/h17-20,41H,3-16,21-40H2,1-2H3. The van der Waals surface area contributed by atoms with E-state index in [1.165, 1.54) is 219 Å². The van der Waals surface area contributed by atoms with Crippen molar-refractivity contribution in [3.8, 4) is 0 Å². The summed E-state index contributed by atoms with van der Waals surface area (Å²) in [7, 11) is 0. The second-order valence-electron chi connectivity index (χ2n) is 13.0. The number of allylic oxidation sites excluding steroid dienone is 4. The van der Waals surface area contributed by atoms with Crippen LogP contribution in [-0.2, 0) is 0 Å². The summed E-state index contributed by atoms with van der Waals surface area (Å²) in [5, 5.41) is 3.68.